The molecule has 0 saturated heterocycles. The molecule has 0 spiro atoms. The molecule has 0 radical (unpaired) electrons. The van der Waals surface area contributed by atoms with Crippen molar-refractivity contribution in [1.29, 1.82) is 0 Å². The molecule has 0 aliphatic carbocycles. The van der Waals surface area contributed by atoms with E-state index in [1.807, 2.05) is 82.3 Å². The zero-order valence-corrected chi connectivity index (χ0v) is 22.2. The molecule has 0 saturated carbocycles. The monoisotopic (exact) mass is 506 g/mol. The molecule has 2 amide bonds. The van der Waals surface area contributed by atoms with E-state index in [1.165, 1.54) is 0 Å². The molecule has 3 rings (SSSR count). The smallest absolute Gasteiger partial charge is 0.261 e. The van der Waals surface area contributed by atoms with Crippen molar-refractivity contribution in [3.63, 3.8) is 0 Å². The van der Waals surface area contributed by atoms with Crippen molar-refractivity contribution in [1.82, 2.24) is 10.2 Å². The maximum absolute atomic E-state index is 13.6. The van der Waals surface area contributed by atoms with Crippen LogP contribution in [0.25, 0.3) is 0 Å². The second-order valence-electron chi connectivity index (χ2n) is 9.55. The van der Waals surface area contributed by atoms with E-state index in [4.69, 9.17) is 16.3 Å². The minimum atomic E-state index is -0.685. The quantitative estimate of drug-likeness (QED) is 0.360. The van der Waals surface area contributed by atoms with E-state index < -0.39 is 6.04 Å². The maximum Gasteiger partial charge on any atom is 0.261 e. The predicted molar refractivity (Wildman–Crippen MR) is 145 cm³/mol. The van der Waals surface area contributed by atoms with Gasteiger partial charge < -0.3 is 15.0 Å². The van der Waals surface area contributed by atoms with Gasteiger partial charge in [0.25, 0.3) is 5.91 Å². The third-order valence-corrected chi connectivity index (χ3v) is 6.34. The first-order valence-electron chi connectivity index (χ1n) is 12.3. The summed E-state index contributed by atoms with van der Waals surface area (Å²) in [6.07, 6.45) is 0.405. The lowest BCUT2D eigenvalue weighted by atomic mass is 10.0. The average molecular weight is 507 g/mol. The van der Waals surface area contributed by atoms with Gasteiger partial charge in [-0.15, -0.1) is 0 Å². The van der Waals surface area contributed by atoms with Crippen LogP contribution in [-0.2, 0) is 22.6 Å². The Kier molecular flexibility index (Phi) is 9.95. The summed E-state index contributed by atoms with van der Waals surface area (Å²) in [5, 5.41) is 3.67. The lowest BCUT2D eigenvalue weighted by Gasteiger charge is -2.31. The van der Waals surface area contributed by atoms with Crippen LogP contribution >= 0.6 is 11.6 Å². The Morgan fingerprint density at radius 2 is 1.64 bits per heavy atom. The minimum Gasteiger partial charge on any atom is -0.484 e. The van der Waals surface area contributed by atoms with Crippen LogP contribution in [0.1, 0.15) is 36.1 Å². The van der Waals surface area contributed by atoms with Crippen LogP contribution in [0.2, 0.25) is 5.02 Å². The van der Waals surface area contributed by atoms with E-state index in [9.17, 15) is 9.59 Å². The highest BCUT2D eigenvalue weighted by Crippen LogP contribution is 2.22. The number of amides is 2. The largest absolute Gasteiger partial charge is 0.484 e. The number of rotatable bonds is 11. The van der Waals surface area contributed by atoms with Crippen molar-refractivity contribution < 1.29 is 14.3 Å². The van der Waals surface area contributed by atoms with Crippen molar-refractivity contribution in [2.45, 2.75) is 46.7 Å². The van der Waals surface area contributed by atoms with Gasteiger partial charge in [-0.3, -0.25) is 9.59 Å². The molecular formula is C30H35ClN2O3. The summed E-state index contributed by atoms with van der Waals surface area (Å²) in [5.41, 5.74) is 3.94. The van der Waals surface area contributed by atoms with Gasteiger partial charge in [-0.25, -0.2) is 0 Å². The molecule has 1 N–H and O–H groups in total. The van der Waals surface area contributed by atoms with Gasteiger partial charge >= 0.3 is 0 Å². The number of nitrogens with zero attached hydrogens (tertiary/aromatic N) is 1. The van der Waals surface area contributed by atoms with Crippen LogP contribution in [0, 0.1) is 19.8 Å². The fraction of sp³-hybridized carbons (Fsp3) is 0.333. The van der Waals surface area contributed by atoms with Crippen molar-refractivity contribution in [2.75, 3.05) is 13.2 Å². The van der Waals surface area contributed by atoms with Gasteiger partial charge in [-0.1, -0.05) is 85.6 Å². The number of nitrogens with one attached hydrogen (secondary N) is 1. The highest BCUT2D eigenvalue weighted by molar-refractivity contribution is 6.31. The van der Waals surface area contributed by atoms with E-state index >= 15 is 0 Å². The van der Waals surface area contributed by atoms with Crippen molar-refractivity contribution >= 4 is 23.4 Å². The molecule has 1 atom stereocenters. The summed E-state index contributed by atoms with van der Waals surface area (Å²) < 4.78 is 5.84. The normalized spacial score (nSPS) is 11.7. The lowest BCUT2D eigenvalue weighted by Crippen LogP contribution is -2.52. The Bertz CT molecular complexity index is 1150. The summed E-state index contributed by atoms with van der Waals surface area (Å²) in [6.45, 7) is 8.65. The Morgan fingerprint density at radius 1 is 0.944 bits per heavy atom. The number of ether oxygens (including phenoxy) is 1. The third kappa shape index (κ3) is 8.13. The standard InChI is InChI=1S/C30H35ClN2O3/c1-21(2)18-32-30(35)28(17-24-8-6-5-7-9-24)33(19-25-12-10-22(3)11-13-25)29(34)20-36-26-14-15-27(31)23(4)16-26/h5-16,21,28H,17-20H2,1-4H3,(H,32,35). The first kappa shape index (κ1) is 27.3. The molecule has 0 aliphatic heterocycles. The molecule has 3 aromatic rings. The van der Waals surface area contributed by atoms with E-state index in [-0.39, 0.29) is 18.4 Å². The maximum atomic E-state index is 13.6. The number of hydrogen-bond acceptors (Lipinski definition) is 3. The minimum absolute atomic E-state index is 0.171. The molecule has 3 aromatic carbocycles. The number of carbonyl (C=O) groups is 2. The summed E-state index contributed by atoms with van der Waals surface area (Å²) in [7, 11) is 0. The number of aryl methyl sites for hydroxylation is 2. The van der Waals surface area contributed by atoms with E-state index in [2.05, 4.69) is 5.32 Å². The van der Waals surface area contributed by atoms with Gasteiger partial charge in [0.2, 0.25) is 5.91 Å². The third-order valence-electron chi connectivity index (χ3n) is 5.92. The SMILES string of the molecule is Cc1ccc(CN(C(=O)COc2ccc(Cl)c(C)c2)C(Cc2ccccc2)C(=O)NCC(C)C)cc1. The van der Waals surface area contributed by atoms with Crippen molar-refractivity contribution in [2.24, 2.45) is 5.92 Å². The number of hydrogen-bond donors (Lipinski definition) is 1. The fourth-order valence-corrected chi connectivity index (χ4v) is 3.92. The van der Waals surface area contributed by atoms with E-state index in [0.29, 0.717) is 36.2 Å². The fourth-order valence-electron chi connectivity index (χ4n) is 3.80. The number of benzene rings is 3. The van der Waals surface area contributed by atoms with Crippen LogP contribution in [-0.4, -0.2) is 35.9 Å². The predicted octanol–water partition coefficient (Wildman–Crippen LogP) is 5.75. The molecule has 5 nitrogen and oxygen atoms in total. The number of carbonyl (C=O) groups excluding carboxylic acids is 2. The summed E-state index contributed by atoms with van der Waals surface area (Å²) in [6, 6.07) is 22.4. The average Bonchev–Trinajstić information content (AvgIpc) is 2.87. The van der Waals surface area contributed by atoms with Crippen molar-refractivity contribution in [3.05, 3.63) is 100 Å². The van der Waals surface area contributed by atoms with Gasteiger partial charge in [0.1, 0.15) is 11.8 Å². The van der Waals surface area contributed by atoms with Crippen LogP contribution in [0.15, 0.2) is 72.8 Å². The second-order valence-corrected chi connectivity index (χ2v) is 9.96. The topological polar surface area (TPSA) is 58.6 Å². The first-order valence-corrected chi connectivity index (χ1v) is 12.7. The molecule has 190 valence electrons. The van der Waals surface area contributed by atoms with Gasteiger partial charge in [0.15, 0.2) is 6.61 Å². The van der Waals surface area contributed by atoms with Gasteiger partial charge in [-0.2, -0.15) is 0 Å². The zero-order valence-electron chi connectivity index (χ0n) is 21.5. The van der Waals surface area contributed by atoms with Crippen LogP contribution < -0.4 is 10.1 Å². The highest BCUT2D eigenvalue weighted by atomic mass is 35.5. The molecule has 0 bridgehead atoms. The molecule has 0 aromatic heterocycles. The van der Waals surface area contributed by atoms with Crippen LogP contribution in [0.3, 0.4) is 0 Å². The Morgan fingerprint density at radius 3 is 2.28 bits per heavy atom. The second kappa shape index (κ2) is 13.1. The Hall–Kier alpha value is -3.31. The summed E-state index contributed by atoms with van der Waals surface area (Å²) >= 11 is 6.13. The summed E-state index contributed by atoms with van der Waals surface area (Å²) in [4.78, 5) is 28.7. The van der Waals surface area contributed by atoms with Gasteiger partial charge in [-0.05, 0) is 54.7 Å². The van der Waals surface area contributed by atoms with E-state index in [1.54, 1.807) is 23.1 Å². The first-order chi connectivity index (χ1) is 17.2. The number of halogens is 1. The molecule has 36 heavy (non-hydrogen) atoms. The van der Waals surface area contributed by atoms with Crippen LogP contribution in [0.4, 0.5) is 0 Å². The van der Waals surface area contributed by atoms with Crippen LogP contribution in [0.5, 0.6) is 5.75 Å². The molecule has 0 heterocycles. The van der Waals surface area contributed by atoms with Crippen molar-refractivity contribution in [3.8, 4) is 5.75 Å². The summed E-state index contributed by atoms with van der Waals surface area (Å²) in [5.74, 6) is 0.424. The van der Waals surface area contributed by atoms with Gasteiger partial charge in [0.05, 0.1) is 0 Å². The highest BCUT2D eigenvalue weighted by Gasteiger charge is 2.30. The molecule has 0 aliphatic rings. The molecule has 6 heteroatoms. The Balaban J connectivity index is 1.89. The van der Waals surface area contributed by atoms with Gasteiger partial charge in [0, 0.05) is 24.5 Å². The van der Waals surface area contributed by atoms with E-state index in [0.717, 1.165) is 22.3 Å². The molecule has 0 fully saturated rings. The molecular weight excluding hydrogens is 472 g/mol. The molecule has 1 unspecified atom stereocenters. The Labute approximate surface area is 219 Å². The lowest BCUT2D eigenvalue weighted by molar-refractivity contribution is -0.142. The zero-order chi connectivity index (χ0) is 26.1.